The second-order valence-corrected chi connectivity index (χ2v) is 3.47. The van der Waals surface area contributed by atoms with Crippen LogP contribution < -0.4 is 5.32 Å². The third kappa shape index (κ3) is 7.87. The van der Waals surface area contributed by atoms with Crippen LogP contribution in [0.15, 0.2) is 0 Å². The van der Waals surface area contributed by atoms with Crippen LogP contribution in [0.3, 0.4) is 0 Å². The number of unbranched alkanes of at least 4 members (excludes halogenated alkanes) is 3. The van der Waals surface area contributed by atoms with Crippen molar-refractivity contribution in [2.45, 2.75) is 58.4 Å². The summed E-state index contributed by atoms with van der Waals surface area (Å²) in [6, 6.07) is 0.601. The summed E-state index contributed by atoms with van der Waals surface area (Å²) in [6.07, 6.45) is 7.66. The molecule has 0 bridgehead atoms. The van der Waals surface area contributed by atoms with Crippen molar-refractivity contribution in [3.63, 3.8) is 0 Å². The van der Waals surface area contributed by atoms with E-state index >= 15 is 0 Å². The third-order valence-corrected chi connectivity index (χ3v) is 2.34. The summed E-state index contributed by atoms with van der Waals surface area (Å²) in [4.78, 5) is 0. The van der Waals surface area contributed by atoms with E-state index in [9.17, 15) is 0 Å². The van der Waals surface area contributed by atoms with E-state index in [0.29, 0.717) is 6.04 Å². The van der Waals surface area contributed by atoms with Gasteiger partial charge in [0, 0.05) is 12.5 Å². The number of hydrogen-bond acceptors (Lipinski definition) is 1. The summed E-state index contributed by atoms with van der Waals surface area (Å²) in [6.45, 7) is 4.15. The van der Waals surface area contributed by atoms with Gasteiger partial charge in [0.05, 0.1) is 0 Å². The molecule has 0 aliphatic rings. The number of nitrogens with one attached hydrogen (secondary N) is 1. The first-order chi connectivity index (χ1) is 6.35. The van der Waals surface area contributed by atoms with E-state index in [1.165, 1.54) is 32.1 Å². The molecule has 0 aromatic carbocycles. The lowest BCUT2D eigenvalue weighted by Gasteiger charge is -2.12. The number of rotatable bonds is 7. The third-order valence-electron chi connectivity index (χ3n) is 2.34. The van der Waals surface area contributed by atoms with E-state index < -0.39 is 0 Å². The Morgan fingerprint density at radius 3 is 2.54 bits per heavy atom. The predicted octanol–water partition coefficient (Wildman–Crippen LogP) is 2.96. The van der Waals surface area contributed by atoms with E-state index in [-0.39, 0.29) is 0 Å². The zero-order valence-electron chi connectivity index (χ0n) is 9.32. The molecule has 1 N–H and O–H groups in total. The van der Waals surface area contributed by atoms with Crippen molar-refractivity contribution in [2.24, 2.45) is 0 Å². The Balaban J connectivity index is 3.40. The molecular weight excluding hydrogens is 158 g/mol. The van der Waals surface area contributed by atoms with Crippen LogP contribution in [0.1, 0.15) is 52.4 Å². The Bertz CT molecular complexity index is 152. The highest BCUT2D eigenvalue weighted by molar-refractivity contribution is 4.97. The Hall–Kier alpha value is -0.480. The van der Waals surface area contributed by atoms with Gasteiger partial charge >= 0.3 is 0 Å². The van der Waals surface area contributed by atoms with Crippen molar-refractivity contribution in [3.05, 3.63) is 0 Å². The maximum Gasteiger partial charge on any atom is 0.0243 e. The average Bonchev–Trinajstić information content (AvgIpc) is 2.17. The van der Waals surface area contributed by atoms with Gasteiger partial charge in [-0.3, -0.25) is 0 Å². The van der Waals surface area contributed by atoms with Crippen molar-refractivity contribution >= 4 is 0 Å². The zero-order chi connectivity index (χ0) is 9.94. The number of hydrogen-bond donors (Lipinski definition) is 1. The fraction of sp³-hybridized carbons (Fsp3) is 0.833. The van der Waals surface area contributed by atoms with Crippen molar-refractivity contribution in [3.8, 4) is 11.8 Å². The first kappa shape index (κ1) is 12.5. The van der Waals surface area contributed by atoms with E-state index in [0.717, 1.165) is 6.42 Å². The molecule has 0 rings (SSSR count). The topological polar surface area (TPSA) is 12.0 Å². The Morgan fingerprint density at radius 2 is 2.00 bits per heavy atom. The van der Waals surface area contributed by atoms with Gasteiger partial charge in [-0.05, 0) is 20.4 Å². The molecule has 0 aliphatic carbocycles. The van der Waals surface area contributed by atoms with E-state index in [2.05, 4.69) is 24.1 Å². The maximum atomic E-state index is 3.31. The van der Waals surface area contributed by atoms with Gasteiger partial charge in [-0.15, -0.1) is 11.8 Å². The molecule has 1 unspecified atom stereocenters. The second-order valence-electron chi connectivity index (χ2n) is 3.47. The molecule has 0 aromatic heterocycles. The standard InChI is InChI=1S/C12H23N/c1-4-6-8-9-11-12(13-3)10-7-5-2/h12-13H,4,6,8-11H2,1-3H3. The Morgan fingerprint density at radius 1 is 1.23 bits per heavy atom. The van der Waals surface area contributed by atoms with Gasteiger partial charge in [-0.25, -0.2) is 0 Å². The van der Waals surface area contributed by atoms with Crippen molar-refractivity contribution < 1.29 is 0 Å². The molecule has 13 heavy (non-hydrogen) atoms. The Labute approximate surface area is 83.3 Å². The molecule has 0 amide bonds. The molecule has 0 aliphatic heterocycles. The monoisotopic (exact) mass is 181 g/mol. The minimum absolute atomic E-state index is 0.601. The van der Waals surface area contributed by atoms with E-state index in [1.807, 2.05) is 14.0 Å². The molecule has 0 aromatic rings. The van der Waals surface area contributed by atoms with Crippen LogP contribution in [0, 0.1) is 11.8 Å². The average molecular weight is 181 g/mol. The normalized spacial score (nSPS) is 11.9. The predicted molar refractivity (Wildman–Crippen MR) is 59.7 cm³/mol. The van der Waals surface area contributed by atoms with E-state index in [4.69, 9.17) is 0 Å². The molecule has 0 saturated heterocycles. The molecule has 0 heterocycles. The van der Waals surface area contributed by atoms with Gasteiger partial charge in [-0.2, -0.15) is 0 Å². The molecule has 0 fully saturated rings. The quantitative estimate of drug-likeness (QED) is 0.470. The highest BCUT2D eigenvalue weighted by Crippen LogP contribution is 2.07. The van der Waals surface area contributed by atoms with Gasteiger partial charge in [0.1, 0.15) is 0 Å². The molecule has 0 radical (unpaired) electrons. The molecular formula is C12H23N. The highest BCUT2D eigenvalue weighted by Gasteiger charge is 2.02. The van der Waals surface area contributed by atoms with Crippen LogP contribution in [0.4, 0.5) is 0 Å². The van der Waals surface area contributed by atoms with Crippen molar-refractivity contribution in [2.75, 3.05) is 7.05 Å². The lowest BCUT2D eigenvalue weighted by Crippen LogP contribution is -2.24. The SMILES string of the molecule is CC#CCC(CCCCCC)NC. The summed E-state index contributed by atoms with van der Waals surface area (Å²) < 4.78 is 0. The minimum Gasteiger partial charge on any atom is -0.316 e. The lowest BCUT2D eigenvalue weighted by molar-refractivity contribution is 0.495. The molecule has 1 nitrogen and oxygen atoms in total. The molecule has 76 valence electrons. The van der Waals surface area contributed by atoms with Crippen LogP contribution in [0.2, 0.25) is 0 Å². The smallest absolute Gasteiger partial charge is 0.0243 e. The zero-order valence-corrected chi connectivity index (χ0v) is 9.32. The van der Waals surface area contributed by atoms with Crippen molar-refractivity contribution in [1.82, 2.24) is 5.32 Å². The first-order valence-electron chi connectivity index (χ1n) is 5.42. The molecule has 1 atom stereocenters. The van der Waals surface area contributed by atoms with Crippen LogP contribution in [-0.4, -0.2) is 13.1 Å². The maximum absolute atomic E-state index is 3.31. The molecule has 0 spiro atoms. The summed E-state index contributed by atoms with van der Waals surface area (Å²) in [5.74, 6) is 6.07. The van der Waals surface area contributed by atoms with E-state index in [1.54, 1.807) is 0 Å². The van der Waals surface area contributed by atoms with Crippen LogP contribution in [0.25, 0.3) is 0 Å². The second kappa shape index (κ2) is 9.61. The van der Waals surface area contributed by atoms with Gasteiger partial charge in [0.15, 0.2) is 0 Å². The minimum atomic E-state index is 0.601. The van der Waals surface area contributed by atoms with Gasteiger partial charge < -0.3 is 5.32 Å². The lowest BCUT2D eigenvalue weighted by atomic mass is 10.1. The van der Waals surface area contributed by atoms with Crippen LogP contribution in [-0.2, 0) is 0 Å². The van der Waals surface area contributed by atoms with Gasteiger partial charge in [0.2, 0.25) is 0 Å². The van der Waals surface area contributed by atoms with Crippen LogP contribution in [0.5, 0.6) is 0 Å². The summed E-state index contributed by atoms with van der Waals surface area (Å²) in [7, 11) is 2.03. The van der Waals surface area contributed by atoms with Gasteiger partial charge in [0.25, 0.3) is 0 Å². The first-order valence-corrected chi connectivity index (χ1v) is 5.42. The van der Waals surface area contributed by atoms with Crippen molar-refractivity contribution in [1.29, 1.82) is 0 Å². The molecule has 0 saturated carbocycles. The van der Waals surface area contributed by atoms with Crippen LogP contribution >= 0.6 is 0 Å². The molecule has 1 heteroatoms. The summed E-state index contributed by atoms with van der Waals surface area (Å²) in [5, 5.41) is 3.31. The summed E-state index contributed by atoms with van der Waals surface area (Å²) >= 11 is 0. The fourth-order valence-corrected chi connectivity index (χ4v) is 1.39. The fourth-order valence-electron chi connectivity index (χ4n) is 1.39. The van der Waals surface area contributed by atoms with Gasteiger partial charge in [-0.1, -0.05) is 32.6 Å². The highest BCUT2D eigenvalue weighted by atomic mass is 14.9. The Kier molecular flexibility index (Phi) is 9.25. The summed E-state index contributed by atoms with van der Waals surface area (Å²) in [5.41, 5.74) is 0. The largest absolute Gasteiger partial charge is 0.316 e.